The summed E-state index contributed by atoms with van der Waals surface area (Å²) in [5.41, 5.74) is 2.59. The van der Waals surface area contributed by atoms with Crippen LogP contribution < -0.4 is 9.60 Å². The summed E-state index contributed by atoms with van der Waals surface area (Å²) in [5, 5.41) is 0. The van der Waals surface area contributed by atoms with Crippen LogP contribution in [0, 0.1) is 0 Å². The summed E-state index contributed by atoms with van der Waals surface area (Å²) in [7, 11) is 6.22. The fourth-order valence-electron chi connectivity index (χ4n) is 2.80. The number of benzene rings is 3. The molecule has 6 nitrogen and oxygen atoms in total. The van der Waals surface area contributed by atoms with Crippen LogP contribution in [0.2, 0.25) is 0 Å². The molecule has 0 saturated carbocycles. The fraction of sp³-hybridized carbons (Fsp3) is 0.0833. The van der Waals surface area contributed by atoms with E-state index in [2.05, 4.69) is 4.99 Å². The molecular formula is C24H21N5OS2. The number of carbonyl (C=O) groups excluding carboxylic acids is 1. The molecule has 4 aromatic rings. The highest BCUT2D eigenvalue weighted by molar-refractivity contribution is 7.67. The van der Waals surface area contributed by atoms with Gasteiger partial charge in [0, 0.05) is 19.7 Å². The van der Waals surface area contributed by atoms with Gasteiger partial charge in [-0.15, -0.1) is 0 Å². The predicted molar refractivity (Wildman–Crippen MR) is 131 cm³/mol. The fourth-order valence-corrected chi connectivity index (χ4v) is 4.90. The molecule has 0 aliphatic rings. The van der Waals surface area contributed by atoms with E-state index in [9.17, 15) is 4.79 Å². The summed E-state index contributed by atoms with van der Waals surface area (Å²) in [6.07, 6.45) is 0. The van der Waals surface area contributed by atoms with Crippen LogP contribution in [0.5, 0.6) is 0 Å². The highest BCUT2D eigenvalue weighted by atomic mass is 32.9. The van der Waals surface area contributed by atoms with Crippen LogP contribution in [-0.4, -0.2) is 35.4 Å². The van der Waals surface area contributed by atoms with Gasteiger partial charge in [0.2, 0.25) is 9.60 Å². The lowest BCUT2D eigenvalue weighted by Crippen LogP contribution is -2.28. The van der Waals surface area contributed by atoms with E-state index in [0.717, 1.165) is 16.9 Å². The molecule has 0 atom stereocenters. The molecular weight excluding hydrogens is 438 g/mol. The smallest absolute Gasteiger partial charge is 0.329 e. The van der Waals surface area contributed by atoms with Crippen molar-refractivity contribution in [2.75, 3.05) is 14.1 Å². The molecule has 32 heavy (non-hydrogen) atoms. The van der Waals surface area contributed by atoms with Gasteiger partial charge < -0.3 is 4.90 Å². The van der Waals surface area contributed by atoms with Gasteiger partial charge in [0.05, 0.1) is 11.4 Å². The normalized spacial score (nSPS) is 12.8. The van der Waals surface area contributed by atoms with Gasteiger partial charge >= 0.3 is 6.03 Å². The molecule has 8 heteroatoms. The first-order valence-electron chi connectivity index (χ1n) is 9.89. The molecule has 4 rings (SSSR count). The van der Waals surface area contributed by atoms with Crippen molar-refractivity contribution in [3.63, 3.8) is 0 Å². The summed E-state index contributed by atoms with van der Waals surface area (Å²) in [4.78, 5) is 29.0. The maximum atomic E-state index is 12.3. The lowest BCUT2D eigenvalue weighted by Gasteiger charge is -2.06. The molecule has 0 aliphatic heterocycles. The number of aromatic nitrogens is 1. The van der Waals surface area contributed by atoms with Gasteiger partial charge in [0.1, 0.15) is 0 Å². The Morgan fingerprint density at radius 2 is 1.28 bits per heavy atom. The quantitative estimate of drug-likeness (QED) is 0.245. The van der Waals surface area contributed by atoms with E-state index < -0.39 is 0 Å². The van der Waals surface area contributed by atoms with Crippen molar-refractivity contribution in [3.8, 4) is 5.69 Å². The molecule has 0 saturated heterocycles. The first-order chi connectivity index (χ1) is 15.6. The number of urea groups is 1. The highest BCUT2D eigenvalue weighted by Crippen LogP contribution is 2.14. The molecule has 2 amide bonds. The second-order valence-electron chi connectivity index (χ2n) is 6.94. The number of hydrogen-bond donors (Lipinski definition) is 0. The third kappa shape index (κ3) is 5.16. The van der Waals surface area contributed by atoms with Crippen LogP contribution in [0.1, 0.15) is 5.56 Å². The molecule has 0 aliphatic carbocycles. The number of amides is 2. The van der Waals surface area contributed by atoms with Gasteiger partial charge in [0.25, 0.3) is 0 Å². The number of hydrogen-bond acceptors (Lipinski definition) is 4. The van der Waals surface area contributed by atoms with Gasteiger partial charge in [-0.1, -0.05) is 66.7 Å². The molecule has 0 N–H and O–H groups in total. The van der Waals surface area contributed by atoms with Crippen molar-refractivity contribution in [1.29, 1.82) is 0 Å². The topological polar surface area (TPSA) is 62.3 Å². The van der Waals surface area contributed by atoms with Crippen LogP contribution in [0.15, 0.2) is 106 Å². The molecule has 1 heterocycles. The van der Waals surface area contributed by atoms with Crippen LogP contribution >= 0.6 is 20.7 Å². The Morgan fingerprint density at radius 3 is 1.88 bits per heavy atom. The average Bonchev–Trinajstić information content (AvgIpc) is 3.22. The molecule has 0 fully saturated rings. The minimum absolute atomic E-state index is 0.323. The minimum Gasteiger partial charge on any atom is -0.329 e. The number of amidine groups is 1. The average molecular weight is 460 g/mol. The Labute approximate surface area is 193 Å². The molecule has 3 aromatic carbocycles. The second kappa shape index (κ2) is 10.1. The largest absolute Gasteiger partial charge is 0.345 e. The van der Waals surface area contributed by atoms with E-state index in [1.54, 1.807) is 14.1 Å². The van der Waals surface area contributed by atoms with Crippen LogP contribution in [0.4, 0.5) is 10.5 Å². The zero-order valence-corrected chi connectivity index (χ0v) is 19.3. The van der Waals surface area contributed by atoms with E-state index >= 15 is 0 Å². The lowest BCUT2D eigenvalue weighted by atomic mass is 10.2. The van der Waals surface area contributed by atoms with E-state index in [1.807, 2.05) is 95.6 Å². The number of aliphatic imine (C=N–C) groups is 1. The van der Waals surface area contributed by atoms with Crippen molar-refractivity contribution >= 4 is 38.2 Å². The lowest BCUT2D eigenvalue weighted by molar-refractivity contribution is 0.226. The Balaban J connectivity index is 1.96. The Hall–Kier alpha value is -3.62. The first kappa shape index (κ1) is 21.6. The zero-order chi connectivity index (χ0) is 22.3. The SMILES string of the molecule is CN(C)C(=O)/N=c1\ssc(=NC(=Nc2ccccc2)c2ccccc2)n1-c1ccccc1. The minimum atomic E-state index is -0.323. The van der Waals surface area contributed by atoms with Gasteiger partial charge in [-0.25, -0.2) is 9.79 Å². The Morgan fingerprint density at radius 1 is 0.750 bits per heavy atom. The maximum Gasteiger partial charge on any atom is 0.345 e. The monoisotopic (exact) mass is 459 g/mol. The zero-order valence-electron chi connectivity index (χ0n) is 17.6. The second-order valence-corrected chi connectivity index (χ2v) is 9.00. The van der Waals surface area contributed by atoms with E-state index in [4.69, 9.17) is 9.98 Å². The summed E-state index contributed by atoms with van der Waals surface area (Å²) >= 11 is 0. The summed E-state index contributed by atoms with van der Waals surface area (Å²) in [5.74, 6) is 0.584. The van der Waals surface area contributed by atoms with Crippen molar-refractivity contribution < 1.29 is 4.79 Å². The standard InChI is InChI=1S/C24H21N5OS2/c1-28(2)22(30)27-24-29(20-16-10-5-11-17-20)23(31-32-24)26-21(18-12-6-3-7-13-18)25-19-14-8-4-9-15-19/h3-17H,1-2H3/b25-21?,26-23?,27-24-. The van der Waals surface area contributed by atoms with E-state index in [-0.39, 0.29) is 6.03 Å². The van der Waals surface area contributed by atoms with Crippen molar-refractivity contribution in [2.24, 2.45) is 15.0 Å². The molecule has 160 valence electrons. The third-order valence-corrected chi connectivity index (χ3v) is 6.46. The third-order valence-electron chi connectivity index (χ3n) is 4.39. The maximum absolute atomic E-state index is 12.3. The Kier molecular flexibility index (Phi) is 6.84. The Bertz CT molecular complexity index is 1350. The van der Waals surface area contributed by atoms with Crippen molar-refractivity contribution in [2.45, 2.75) is 0 Å². The predicted octanol–water partition coefficient (Wildman–Crippen LogP) is 4.86. The summed E-state index contributed by atoms with van der Waals surface area (Å²) in [6.45, 7) is 0. The van der Waals surface area contributed by atoms with E-state index in [1.165, 1.54) is 25.6 Å². The van der Waals surface area contributed by atoms with E-state index in [0.29, 0.717) is 15.4 Å². The number of nitrogens with zero attached hydrogens (tertiary/aromatic N) is 5. The molecule has 0 bridgehead atoms. The molecule has 0 radical (unpaired) electrons. The molecule has 1 aromatic heterocycles. The molecule has 0 unspecified atom stereocenters. The van der Waals surface area contributed by atoms with Gasteiger partial charge in [0.15, 0.2) is 5.84 Å². The first-order valence-corrected chi connectivity index (χ1v) is 12.0. The summed E-state index contributed by atoms with van der Waals surface area (Å²) < 4.78 is 1.89. The van der Waals surface area contributed by atoms with Crippen molar-refractivity contribution in [1.82, 2.24) is 9.47 Å². The van der Waals surface area contributed by atoms with Crippen LogP contribution in [0.3, 0.4) is 0 Å². The van der Waals surface area contributed by atoms with Gasteiger partial charge in [-0.05, 0) is 44.9 Å². The number of rotatable bonds is 3. The number of carbonyl (C=O) groups is 1. The summed E-state index contributed by atoms with van der Waals surface area (Å²) in [6, 6.07) is 29.0. The molecule has 0 spiro atoms. The van der Waals surface area contributed by atoms with Crippen LogP contribution in [0.25, 0.3) is 5.69 Å². The number of para-hydroxylation sites is 2. The van der Waals surface area contributed by atoms with Crippen LogP contribution in [-0.2, 0) is 0 Å². The van der Waals surface area contributed by atoms with Gasteiger partial charge in [-0.2, -0.15) is 9.98 Å². The van der Waals surface area contributed by atoms with Gasteiger partial charge in [-0.3, -0.25) is 4.57 Å². The highest BCUT2D eigenvalue weighted by Gasteiger charge is 2.10. The van der Waals surface area contributed by atoms with Crippen molar-refractivity contribution in [3.05, 3.63) is 106 Å².